The van der Waals surface area contributed by atoms with Gasteiger partial charge < -0.3 is 4.74 Å². The smallest absolute Gasteiger partial charge is 0.185 e. The first-order chi connectivity index (χ1) is 9.38. The van der Waals surface area contributed by atoms with Crippen LogP contribution in [0.15, 0.2) is 71.8 Å². The molecule has 0 aliphatic heterocycles. The van der Waals surface area contributed by atoms with Crippen LogP contribution in [0.5, 0.6) is 5.75 Å². The maximum Gasteiger partial charge on any atom is 0.185 e. The van der Waals surface area contributed by atoms with Gasteiger partial charge in [-0.25, -0.2) is 0 Å². The third-order valence-electron chi connectivity index (χ3n) is 2.39. The molecular formula is C16H14O2S. The molecule has 0 heterocycles. The van der Waals surface area contributed by atoms with Crippen LogP contribution in [-0.4, -0.2) is 6.29 Å². The molecule has 0 aliphatic rings. The normalized spacial score (nSPS) is 11.1. The Morgan fingerprint density at radius 3 is 2.26 bits per heavy atom. The van der Waals surface area contributed by atoms with E-state index in [-0.39, 0.29) is 0 Å². The van der Waals surface area contributed by atoms with Gasteiger partial charge in [-0.2, -0.15) is 0 Å². The fourth-order valence-electron chi connectivity index (χ4n) is 1.49. The van der Waals surface area contributed by atoms with E-state index >= 15 is 0 Å². The van der Waals surface area contributed by atoms with Crippen LogP contribution in [-0.2, 0) is 10.5 Å². The molecule has 0 bridgehead atoms. The first kappa shape index (κ1) is 13.4. The van der Waals surface area contributed by atoms with Crippen molar-refractivity contribution in [3.63, 3.8) is 0 Å². The van der Waals surface area contributed by atoms with Crippen molar-refractivity contribution in [3.05, 3.63) is 77.4 Å². The van der Waals surface area contributed by atoms with Crippen molar-refractivity contribution in [1.82, 2.24) is 0 Å². The van der Waals surface area contributed by atoms with Crippen LogP contribution in [0.3, 0.4) is 0 Å². The van der Waals surface area contributed by atoms with Crippen LogP contribution in [0.25, 0.3) is 0 Å². The molecule has 96 valence electrons. The monoisotopic (exact) mass is 270 g/mol. The fraction of sp³-hybridized carbons (Fsp3) is 0.0625. The van der Waals surface area contributed by atoms with Crippen molar-refractivity contribution in [2.24, 2.45) is 0 Å². The minimum Gasteiger partial charge on any atom is -0.453 e. The maximum atomic E-state index is 10.9. The van der Waals surface area contributed by atoms with Crippen LogP contribution in [0.2, 0.25) is 0 Å². The Kier molecular flexibility index (Phi) is 5.26. The minimum atomic E-state index is 0.326. The Morgan fingerprint density at radius 1 is 1.00 bits per heavy atom. The number of hydrogen-bond acceptors (Lipinski definition) is 3. The molecule has 2 aromatic carbocycles. The second-order valence-electron chi connectivity index (χ2n) is 3.85. The van der Waals surface area contributed by atoms with E-state index in [1.54, 1.807) is 5.41 Å². The van der Waals surface area contributed by atoms with E-state index < -0.39 is 0 Å². The Balaban J connectivity index is 1.91. The standard InChI is InChI=1S/C16H14O2S/c17-11-16(18-15-9-5-2-6-10-15)13-19-12-14-7-3-1-4-8-14/h1-11,13H,12H2/b16-13-. The van der Waals surface area contributed by atoms with Crippen LogP contribution in [0, 0.1) is 0 Å². The summed E-state index contributed by atoms with van der Waals surface area (Å²) in [5.74, 6) is 1.81. The molecular weight excluding hydrogens is 256 g/mol. The van der Waals surface area contributed by atoms with Crippen molar-refractivity contribution in [2.75, 3.05) is 0 Å². The largest absolute Gasteiger partial charge is 0.453 e. The second-order valence-corrected chi connectivity index (χ2v) is 4.71. The average molecular weight is 270 g/mol. The molecule has 3 heteroatoms. The molecule has 2 nitrogen and oxygen atoms in total. The summed E-state index contributed by atoms with van der Waals surface area (Å²) < 4.78 is 5.47. The van der Waals surface area contributed by atoms with Gasteiger partial charge in [-0.3, -0.25) is 4.79 Å². The van der Waals surface area contributed by atoms with E-state index in [9.17, 15) is 4.79 Å². The van der Waals surface area contributed by atoms with Gasteiger partial charge in [0, 0.05) is 11.2 Å². The number of aldehydes is 1. The van der Waals surface area contributed by atoms with Crippen LogP contribution in [0.1, 0.15) is 5.56 Å². The first-order valence-corrected chi connectivity index (χ1v) is 6.97. The molecule has 0 saturated carbocycles. The van der Waals surface area contributed by atoms with E-state index in [1.165, 1.54) is 17.3 Å². The highest BCUT2D eigenvalue weighted by molar-refractivity contribution is 8.01. The van der Waals surface area contributed by atoms with Gasteiger partial charge >= 0.3 is 0 Å². The number of para-hydroxylation sites is 1. The number of benzene rings is 2. The molecule has 0 amide bonds. The predicted molar refractivity (Wildman–Crippen MR) is 79.0 cm³/mol. The van der Waals surface area contributed by atoms with Crippen LogP contribution < -0.4 is 4.74 Å². The lowest BCUT2D eigenvalue weighted by molar-refractivity contribution is -0.106. The first-order valence-electron chi connectivity index (χ1n) is 5.92. The molecule has 0 spiro atoms. The molecule has 0 fully saturated rings. The summed E-state index contributed by atoms with van der Waals surface area (Å²) in [5.41, 5.74) is 1.22. The molecule has 0 aliphatic carbocycles. The lowest BCUT2D eigenvalue weighted by Crippen LogP contribution is -1.95. The number of carbonyl (C=O) groups excluding carboxylic acids is 1. The number of ether oxygens (including phenoxy) is 1. The SMILES string of the molecule is O=C/C(=C/SCc1ccccc1)Oc1ccccc1. The van der Waals surface area contributed by atoms with Gasteiger partial charge in [0.05, 0.1) is 0 Å². The van der Waals surface area contributed by atoms with Gasteiger partial charge in [-0.1, -0.05) is 48.5 Å². The van der Waals surface area contributed by atoms with Crippen molar-refractivity contribution < 1.29 is 9.53 Å². The van der Waals surface area contributed by atoms with Crippen LogP contribution in [0.4, 0.5) is 0 Å². The molecule has 0 saturated heterocycles. The van der Waals surface area contributed by atoms with Crippen LogP contribution >= 0.6 is 11.8 Å². The highest BCUT2D eigenvalue weighted by atomic mass is 32.2. The van der Waals surface area contributed by atoms with Crippen molar-refractivity contribution in [2.45, 2.75) is 5.75 Å². The summed E-state index contributed by atoms with van der Waals surface area (Å²) in [5, 5.41) is 1.74. The maximum absolute atomic E-state index is 10.9. The average Bonchev–Trinajstić information content (AvgIpc) is 2.48. The topological polar surface area (TPSA) is 26.3 Å². The summed E-state index contributed by atoms with van der Waals surface area (Å²) in [6, 6.07) is 19.4. The van der Waals surface area contributed by atoms with E-state index in [0.29, 0.717) is 11.5 Å². The number of allylic oxidation sites excluding steroid dienone is 1. The lowest BCUT2D eigenvalue weighted by atomic mass is 10.2. The lowest BCUT2D eigenvalue weighted by Gasteiger charge is -2.04. The van der Waals surface area contributed by atoms with E-state index in [4.69, 9.17) is 4.74 Å². The van der Waals surface area contributed by atoms with E-state index in [0.717, 1.165) is 12.0 Å². The Hall–Kier alpha value is -2.00. The van der Waals surface area contributed by atoms with Crippen molar-refractivity contribution in [1.29, 1.82) is 0 Å². The van der Waals surface area contributed by atoms with Gasteiger partial charge in [0.15, 0.2) is 12.0 Å². The van der Waals surface area contributed by atoms with Gasteiger partial charge in [0.2, 0.25) is 0 Å². The number of thioether (sulfide) groups is 1. The van der Waals surface area contributed by atoms with Gasteiger partial charge in [-0.05, 0) is 17.7 Å². The van der Waals surface area contributed by atoms with Crippen molar-refractivity contribution in [3.8, 4) is 5.75 Å². The quantitative estimate of drug-likeness (QED) is 0.450. The summed E-state index contributed by atoms with van der Waals surface area (Å²) in [6.45, 7) is 0. The predicted octanol–water partition coefficient (Wildman–Crippen LogP) is 4.04. The fourth-order valence-corrected chi connectivity index (χ4v) is 2.23. The highest BCUT2D eigenvalue weighted by Crippen LogP contribution is 2.17. The van der Waals surface area contributed by atoms with Gasteiger partial charge in [0.1, 0.15) is 5.75 Å². The zero-order valence-electron chi connectivity index (χ0n) is 10.4. The summed E-state index contributed by atoms with van der Waals surface area (Å²) in [6.07, 6.45) is 0.727. The third kappa shape index (κ3) is 4.64. The van der Waals surface area contributed by atoms with E-state index in [2.05, 4.69) is 12.1 Å². The summed E-state index contributed by atoms with van der Waals surface area (Å²) >= 11 is 1.54. The molecule has 0 radical (unpaired) electrons. The molecule has 2 rings (SSSR count). The summed E-state index contributed by atoms with van der Waals surface area (Å²) in [4.78, 5) is 10.9. The Bertz CT molecular complexity index is 535. The number of rotatable bonds is 6. The number of hydrogen-bond donors (Lipinski definition) is 0. The third-order valence-corrected chi connectivity index (χ3v) is 3.29. The van der Waals surface area contributed by atoms with Crippen molar-refractivity contribution >= 4 is 18.0 Å². The molecule has 19 heavy (non-hydrogen) atoms. The van der Waals surface area contributed by atoms with Gasteiger partial charge in [0.25, 0.3) is 0 Å². The Labute approximate surface area is 117 Å². The zero-order valence-corrected chi connectivity index (χ0v) is 11.2. The zero-order chi connectivity index (χ0) is 13.3. The number of carbonyl (C=O) groups is 1. The Morgan fingerprint density at radius 2 is 1.63 bits per heavy atom. The molecule has 0 aromatic heterocycles. The molecule has 0 N–H and O–H groups in total. The summed E-state index contributed by atoms with van der Waals surface area (Å²) in [7, 11) is 0. The molecule has 0 atom stereocenters. The van der Waals surface area contributed by atoms with E-state index in [1.807, 2.05) is 48.5 Å². The molecule has 0 unspecified atom stereocenters. The second kappa shape index (κ2) is 7.44. The van der Waals surface area contributed by atoms with Gasteiger partial charge in [-0.15, -0.1) is 11.8 Å². The molecule has 2 aromatic rings. The highest BCUT2D eigenvalue weighted by Gasteiger charge is 1.99. The minimum absolute atomic E-state index is 0.326.